The molecule has 5 nitrogen and oxygen atoms in total. The minimum absolute atomic E-state index is 0.200. The van der Waals surface area contributed by atoms with Crippen molar-refractivity contribution >= 4 is 5.91 Å². The number of hydrogen-bond donors (Lipinski definition) is 2. The number of amides is 1. The van der Waals surface area contributed by atoms with Gasteiger partial charge in [-0.2, -0.15) is 0 Å². The van der Waals surface area contributed by atoms with Crippen molar-refractivity contribution in [1.82, 2.24) is 5.32 Å². The molecular weight excluding hydrogens is 220 g/mol. The number of hydrogen-bond acceptors (Lipinski definition) is 4. The molecule has 0 aromatic rings. The molecule has 0 heterocycles. The molecule has 0 saturated carbocycles. The highest BCUT2D eigenvalue weighted by Crippen LogP contribution is 2.12. The quantitative estimate of drug-likeness (QED) is 0.586. The van der Waals surface area contributed by atoms with Crippen molar-refractivity contribution in [3.8, 4) is 0 Å². The Hall–Kier alpha value is -0.650. The third kappa shape index (κ3) is 8.12. The van der Waals surface area contributed by atoms with Crippen LogP contribution in [0.4, 0.5) is 0 Å². The lowest BCUT2D eigenvalue weighted by molar-refractivity contribution is -0.121. The van der Waals surface area contributed by atoms with E-state index in [1.807, 2.05) is 27.7 Å². The summed E-state index contributed by atoms with van der Waals surface area (Å²) in [5, 5.41) is 3.06. The maximum absolute atomic E-state index is 11.1. The molecule has 1 amide bonds. The number of nitrogens with two attached hydrogens (primary N) is 1. The Balaban J connectivity index is 3.87. The second kappa shape index (κ2) is 7.63. The first-order valence-electron chi connectivity index (χ1n) is 5.97. The Morgan fingerprint density at radius 3 is 2.41 bits per heavy atom. The van der Waals surface area contributed by atoms with Crippen molar-refractivity contribution in [3.63, 3.8) is 0 Å². The normalized spacial score (nSPS) is 14.0. The molecule has 3 N–H and O–H groups in total. The Kier molecular flexibility index (Phi) is 7.34. The monoisotopic (exact) mass is 246 g/mol. The zero-order valence-electron chi connectivity index (χ0n) is 11.6. The summed E-state index contributed by atoms with van der Waals surface area (Å²) in [7, 11) is 1.67. The van der Waals surface area contributed by atoms with Gasteiger partial charge in [0.15, 0.2) is 0 Å². The van der Waals surface area contributed by atoms with Crippen molar-refractivity contribution in [2.75, 3.05) is 20.3 Å². The first kappa shape index (κ1) is 16.4. The van der Waals surface area contributed by atoms with E-state index in [9.17, 15) is 4.79 Å². The Bertz CT molecular complexity index is 230. The molecule has 0 radical (unpaired) electrons. The number of methoxy groups -OCH3 is 1. The maximum Gasteiger partial charge on any atom is 0.236 e. The van der Waals surface area contributed by atoms with E-state index in [0.29, 0.717) is 13.2 Å². The summed E-state index contributed by atoms with van der Waals surface area (Å²) in [6, 6.07) is -0.229. The van der Waals surface area contributed by atoms with Crippen LogP contribution in [0.15, 0.2) is 0 Å². The summed E-state index contributed by atoms with van der Waals surface area (Å²) in [6.07, 6.45) is 0.774. The molecule has 0 fully saturated rings. The van der Waals surface area contributed by atoms with Crippen molar-refractivity contribution in [3.05, 3.63) is 0 Å². The summed E-state index contributed by atoms with van der Waals surface area (Å²) >= 11 is 0. The van der Waals surface area contributed by atoms with Crippen LogP contribution in [0.3, 0.4) is 0 Å². The predicted molar refractivity (Wildman–Crippen MR) is 67.8 cm³/mol. The van der Waals surface area contributed by atoms with Crippen LogP contribution in [-0.2, 0) is 14.3 Å². The molecule has 17 heavy (non-hydrogen) atoms. The summed E-state index contributed by atoms with van der Waals surface area (Å²) in [5.41, 5.74) is 5.07. The van der Waals surface area contributed by atoms with E-state index in [0.717, 1.165) is 6.42 Å². The van der Waals surface area contributed by atoms with E-state index in [4.69, 9.17) is 15.2 Å². The molecule has 0 aliphatic heterocycles. The Morgan fingerprint density at radius 1 is 1.41 bits per heavy atom. The molecule has 0 spiro atoms. The van der Waals surface area contributed by atoms with Crippen LogP contribution >= 0.6 is 0 Å². The first-order chi connectivity index (χ1) is 7.78. The van der Waals surface area contributed by atoms with Gasteiger partial charge < -0.3 is 20.5 Å². The van der Waals surface area contributed by atoms with Crippen LogP contribution in [0.25, 0.3) is 0 Å². The van der Waals surface area contributed by atoms with Crippen molar-refractivity contribution in [1.29, 1.82) is 0 Å². The number of carbonyl (C=O) groups excluding carboxylic acids is 1. The van der Waals surface area contributed by atoms with E-state index in [1.165, 1.54) is 0 Å². The predicted octanol–water partition coefficient (Wildman–Crippen LogP) is 0.670. The van der Waals surface area contributed by atoms with Gasteiger partial charge in [0.2, 0.25) is 5.91 Å². The lowest BCUT2D eigenvalue weighted by Crippen LogP contribution is -2.47. The van der Waals surface area contributed by atoms with Crippen LogP contribution in [0.2, 0.25) is 0 Å². The summed E-state index contributed by atoms with van der Waals surface area (Å²) < 4.78 is 10.7. The largest absolute Gasteiger partial charge is 0.379 e. The maximum atomic E-state index is 11.1. The summed E-state index contributed by atoms with van der Waals surface area (Å²) in [4.78, 5) is 11.1. The van der Waals surface area contributed by atoms with Crippen LogP contribution in [0.1, 0.15) is 34.1 Å². The number of ether oxygens (including phenoxy) is 2. The van der Waals surface area contributed by atoms with Gasteiger partial charge in [-0.05, 0) is 20.3 Å². The summed E-state index contributed by atoms with van der Waals surface area (Å²) in [6.45, 7) is 8.76. The van der Waals surface area contributed by atoms with Gasteiger partial charge in [0.1, 0.15) is 6.04 Å². The smallest absolute Gasteiger partial charge is 0.236 e. The molecule has 1 unspecified atom stereocenters. The van der Waals surface area contributed by atoms with Crippen LogP contribution in [0, 0.1) is 0 Å². The minimum atomic E-state index is -0.430. The molecule has 102 valence electrons. The van der Waals surface area contributed by atoms with Crippen molar-refractivity contribution in [2.45, 2.75) is 51.8 Å². The van der Waals surface area contributed by atoms with Gasteiger partial charge in [0, 0.05) is 19.8 Å². The molecular formula is C12H26N2O3. The molecule has 0 aliphatic rings. The third-order valence-electron chi connectivity index (χ3n) is 2.56. The highest BCUT2D eigenvalue weighted by molar-refractivity contribution is 5.80. The Morgan fingerprint density at radius 2 is 2.00 bits per heavy atom. The van der Waals surface area contributed by atoms with Gasteiger partial charge in [0.05, 0.1) is 12.2 Å². The highest BCUT2D eigenvalue weighted by atomic mass is 16.5. The molecule has 0 saturated heterocycles. The second-order valence-corrected chi connectivity index (χ2v) is 5.07. The first-order valence-corrected chi connectivity index (χ1v) is 5.97. The molecule has 0 bridgehead atoms. The number of rotatable bonds is 9. The lowest BCUT2D eigenvalue weighted by atomic mass is 10.1. The van der Waals surface area contributed by atoms with E-state index >= 15 is 0 Å². The molecule has 0 rings (SSSR count). The Labute approximate surface area is 104 Å². The van der Waals surface area contributed by atoms with E-state index in [1.54, 1.807) is 7.11 Å². The SMILES string of the molecule is COC(C)(C)CCOCC(NC(C)C)C(N)=O. The molecule has 0 aromatic heterocycles. The van der Waals surface area contributed by atoms with Crippen LogP contribution in [0.5, 0.6) is 0 Å². The third-order valence-corrected chi connectivity index (χ3v) is 2.56. The number of primary amides is 1. The van der Waals surface area contributed by atoms with E-state index < -0.39 is 6.04 Å². The molecule has 0 aromatic carbocycles. The minimum Gasteiger partial charge on any atom is -0.379 e. The average Bonchev–Trinajstić information content (AvgIpc) is 2.21. The fraction of sp³-hybridized carbons (Fsp3) is 0.917. The van der Waals surface area contributed by atoms with Gasteiger partial charge in [-0.1, -0.05) is 13.8 Å². The zero-order valence-corrected chi connectivity index (χ0v) is 11.6. The molecule has 1 atom stereocenters. The van der Waals surface area contributed by atoms with Gasteiger partial charge in [-0.25, -0.2) is 0 Å². The van der Waals surface area contributed by atoms with Crippen LogP contribution in [-0.4, -0.2) is 43.9 Å². The van der Waals surface area contributed by atoms with E-state index in [-0.39, 0.29) is 17.6 Å². The average molecular weight is 246 g/mol. The van der Waals surface area contributed by atoms with Crippen LogP contribution < -0.4 is 11.1 Å². The fourth-order valence-electron chi connectivity index (χ4n) is 1.24. The van der Waals surface area contributed by atoms with Gasteiger partial charge in [-0.3, -0.25) is 4.79 Å². The zero-order chi connectivity index (χ0) is 13.5. The van der Waals surface area contributed by atoms with Gasteiger partial charge in [-0.15, -0.1) is 0 Å². The van der Waals surface area contributed by atoms with Gasteiger partial charge in [0.25, 0.3) is 0 Å². The second-order valence-electron chi connectivity index (χ2n) is 5.07. The topological polar surface area (TPSA) is 73.6 Å². The lowest BCUT2D eigenvalue weighted by Gasteiger charge is -2.23. The highest BCUT2D eigenvalue weighted by Gasteiger charge is 2.18. The summed E-state index contributed by atoms with van der Waals surface area (Å²) in [5.74, 6) is -0.385. The van der Waals surface area contributed by atoms with Gasteiger partial charge >= 0.3 is 0 Å². The number of carbonyl (C=O) groups is 1. The van der Waals surface area contributed by atoms with Crippen molar-refractivity contribution < 1.29 is 14.3 Å². The molecule has 5 heteroatoms. The fourth-order valence-corrected chi connectivity index (χ4v) is 1.24. The molecule has 0 aliphatic carbocycles. The standard InChI is InChI=1S/C12H26N2O3/c1-9(2)14-10(11(13)15)8-17-7-6-12(3,4)16-5/h9-10,14H,6-8H2,1-5H3,(H2,13,15). The number of nitrogens with one attached hydrogen (secondary N) is 1. The van der Waals surface area contributed by atoms with Crippen molar-refractivity contribution in [2.24, 2.45) is 5.73 Å². The van der Waals surface area contributed by atoms with E-state index in [2.05, 4.69) is 5.32 Å².